The van der Waals surface area contributed by atoms with Gasteiger partial charge in [-0.1, -0.05) is 54.1 Å². The largest absolute Gasteiger partial charge is 0.290 e. The second-order valence-corrected chi connectivity index (χ2v) is 4.83. The Labute approximate surface area is 105 Å². The topological polar surface area (TPSA) is 17.1 Å². The van der Waals surface area contributed by atoms with Crippen LogP contribution in [0.4, 0.5) is 4.39 Å². The summed E-state index contributed by atoms with van der Waals surface area (Å²) in [5.74, 6) is -0.415. The molecular weight excluding hydrogens is 227 g/mol. The fourth-order valence-electron chi connectivity index (χ4n) is 2.50. The second-order valence-electron chi connectivity index (χ2n) is 4.83. The highest BCUT2D eigenvalue weighted by molar-refractivity contribution is 6.07. The number of carbonyl (C=O) groups is 1. The number of alkyl halides is 1. The lowest BCUT2D eigenvalue weighted by Crippen LogP contribution is -2.27. The van der Waals surface area contributed by atoms with Crippen molar-refractivity contribution in [3.8, 4) is 0 Å². The van der Waals surface area contributed by atoms with Crippen molar-refractivity contribution in [2.75, 3.05) is 0 Å². The predicted molar refractivity (Wildman–Crippen MR) is 68.4 cm³/mol. The molecule has 18 heavy (non-hydrogen) atoms. The molecule has 1 nitrogen and oxygen atoms in total. The van der Waals surface area contributed by atoms with Crippen LogP contribution in [0.25, 0.3) is 0 Å². The molecule has 0 radical (unpaired) electrons. The van der Waals surface area contributed by atoms with E-state index in [0.717, 1.165) is 11.1 Å². The molecule has 2 aromatic rings. The summed E-state index contributed by atoms with van der Waals surface area (Å²) in [6.07, 6.45) is 0.144. The molecule has 1 aliphatic carbocycles. The van der Waals surface area contributed by atoms with E-state index in [1.165, 1.54) is 0 Å². The first-order chi connectivity index (χ1) is 8.61. The third kappa shape index (κ3) is 1.49. The van der Waals surface area contributed by atoms with Crippen LogP contribution in [0.5, 0.6) is 0 Å². The van der Waals surface area contributed by atoms with Gasteiger partial charge in [-0.05, 0) is 18.1 Å². The van der Waals surface area contributed by atoms with E-state index in [4.69, 9.17) is 0 Å². The number of fused-ring (bicyclic) bond motifs is 1. The van der Waals surface area contributed by atoms with Crippen molar-refractivity contribution >= 4 is 5.78 Å². The lowest BCUT2D eigenvalue weighted by Gasteiger charge is -2.18. The van der Waals surface area contributed by atoms with Gasteiger partial charge in [0.15, 0.2) is 0 Å². The summed E-state index contributed by atoms with van der Waals surface area (Å²) in [6.45, 7) is 1.94. The Balaban J connectivity index is 2.09. The van der Waals surface area contributed by atoms with E-state index >= 15 is 4.39 Å². The Morgan fingerprint density at radius 3 is 2.39 bits per heavy atom. The minimum atomic E-state index is -1.89. The van der Waals surface area contributed by atoms with Crippen LogP contribution >= 0.6 is 0 Å². The molecule has 0 aliphatic heterocycles. The maximum absolute atomic E-state index is 15.0. The summed E-state index contributed by atoms with van der Waals surface area (Å²) < 4.78 is 15.0. The second kappa shape index (κ2) is 3.77. The van der Waals surface area contributed by atoms with Crippen LogP contribution in [0, 0.1) is 6.92 Å². The normalized spacial score (nSPS) is 22.0. The van der Waals surface area contributed by atoms with Gasteiger partial charge in [-0.2, -0.15) is 0 Å². The highest BCUT2D eigenvalue weighted by Gasteiger charge is 2.47. The molecule has 0 saturated heterocycles. The minimum absolute atomic E-state index is 0.144. The van der Waals surface area contributed by atoms with E-state index in [-0.39, 0.29) is 6.42 Å². The Morgan fingerprint density at radius 1 is 1.06 bits per heavy atom. The smallest absolute Gasteiger partial charge is 0.205 e. The zero-order valence-electron chi connectivity index (χ0n) is 10.1. The highest BCUT2D eigenvalue weighted by Crippen LogP contribution is 2.40. The van der Waals surface area contributed by atoms with Crippen molar-refractivity contribution in [2.45, 2.75) is 19.0 Å². The molecule has 2 heteroatoms. The third-order valence-corrected chi connectivity index (χ3v) is 3.57. The number of carbonyl (C=O) groups excluding carboxylic acids is 1. The maximum atomic E-state index is 15.0. The molecule has 0 fully saturated rings. The molecule has 0 heterocycles. The Kier molecular flexibility index (Phi) is 2.34. The minimum Gasteiger partial charge on any atom is -0.290 e. The van der Waals surface area contributed by atoms with Gasteiger partial charge in [-0.3, -0.25) is 4.79 Å². The van der Waals surface area contributed by atoms with Crippen LogP contribution < -0.4 is 0 Å². The fraction of sp³-hybridized carbons (Fsp3) is 0.188. The standard InChI is InChI=1S/C16H13FO/c1-11-6-8-13(9-7-11)16(17)10-12-4-2-3-5-14(12)15(16)18/h2-9H,10H2,1H3/t16-/m1/s1. The van der Waals surface area contributed by atoms with Crippen LogP contribution in [0.2, 0.25) is 0 Å². The summed E-state index contributed by atoms with van der Waals surface area (Å²) in [5, 5.41) is 0. The van der Waals surface area contributed by atoms with E-state index < -0.39 is 11.5 Å². The van der Waals surface area contributed by atoms with Crippen molar-refractivity contribution in [1.29, 1.82) is 0 Å². The molecule has 1 aliphatic rings. The van der Waals surface area contributed by atoms with Crippen LogP contribution in [0.15, 0.2) is 48.5 Å². The van der Waals surface area contributed by atoms with Gasteiger partial charge in [0.25, 0.3) is 0 Å². The maximum Gasteiger partial charge on any atom is 0.205 e. The quantitative estimate of drug-likeness (QED) is 0.744. The number of aryl methyl sites for hydroxylation is 1. The van der Waals surface area contributed by atoms with Crippen molar-refractivity contribution < 1.29 is 9.18 Å². The molecule has 1 atom stereocenters. The molecule has 0 spiro atoms. The number of hydrogen-bond donors (Lipinski definition) is 0. The summed E-state index contributed by atoms with van der Waals surface area (Å²) >= 11 is 0. The molecule has 0 saturated carbocycles. The first kappa shape index (κ1) is 11.1. The van der Waals surface area contributed by atoms with Gasteiger partial charge in [-0.15, -0.1) is 0 Å². The van der Waals surface area contributed by atoms with Gasteiger partial charge in [0, 0.05) is 12.0 Å². The van der Waals surface area contributed by atoms with Gasteiger partial charge >= 0.3 is 0 Å². The molecule has 2 aromatic carbocycles. The van der Waals surface area contributed by atoms with Crippen molar-refractivity contribution in [2.24, 2.45) is 0 Å². The number of benzene rings is 2. The molecule has 0 unspecified atom stereocenters. The fourth-order valence-corrected chi connectivity index (χ4v) is 2.50. The summed E-state index contributed by atoms with van der Waals surface area (Å²) in [7, 11) is 0. The molecular formula is C16H13FO. The number of rotatable bonds is 1. The van der Waals surface area contributed by atoms with E-state index in [1.807, 2.05) is 31.2 Å². The highest BCUT2D eigenvalue weighted by atomic mass is 19.1. The summed E-state index contributed by atoms with van der Waals surface area (Å²) in [4.78, 5) is 12.2. The Bertz CT molecular complexity index is 615. The van der Waals surface area contributed by atoms with Crippen molar-refractivity contribution in [3.05, 3.63) is 70.8 Å². The van der Waals surface area contributed by atoms with Gasteiger partial charge in [0.2, 0.25) is 11.5 Å². The number of ketones is 1. The monoisotopic (exact) mass is 240 g/mol. The van der Waals surface area contributed by atoms with E-state index in [1.54, 1.807) is 24.3 Å². The zero-order chi connectivity index (χ0) is 12.8. The molecule has 0 amide bonds. The molecule has 0 bridgehead atoms. The average molecular weight is 240 g/mol. The van der Waals surface area contributed by atoms with Crippen LogP contribution in [0.1, 0.15) is 27.0 Å². The van der Waals surface area contributed by atoms with Gasteiger partial charge < -0.3 is 0 Å². The number of halogens is 1. The lowest BCUT2D eigenvalue weighted by atomic mass is 9.91. The zero-order valence-corrected chi connectivity index (χ0v) is 10.1. The predicted octanol–water partition coefficient (Wildman–Crippen LogP) is 3.60. The lowest BCUT2D eigenvalue weighted by molar-refractivity contribution is 0.0716. The van der Waals surface area contributed by atoms with E-state index in [9.17, 15) is 4.79 Å². The van der Waals surface area contributed by atoms with Gasteiger partial charge in [-0.25, -0.2) is 4.39 Å². The summed E-state index contributed by atoms with van der Waals surface area (Å²) in [6, 6.07) is 14.2. The van der Waals surface area contributed by atoms with Crippen molar-refractivity contribution in [3.63, 3.8) is 0 Å². The van der Waals surface area contributed by atoms with E-state index in [0.29, 0.717) is 11.1 Å². The van der Waals surface area contributed by atoms with Gasteiger partial charge in [0.05, 0.1) is 0 Å². The number of hydrogen-bond acceptors (Lipinski definition) is 1. The first-order valence-electron chi connectivity index (χ1n) is 6.00. The molecule has 90 valence electrons. The van der Waals surface area contributed by atoms with Gasteiger partial charge in [0.1, 0.15) is 0 Å². The average Bonchev–Trinajstić information content (AvgIpc) is 2.64. The van der Waals surface area contributed by atoms with E-state index in [2.05, 4.69) is 0 Å². The summed E-state index contributed by atoms with van der Waals surface area (Å²) in [5.41, 5.74) is 0.933. The first-order valence-corrected chi connectivity index (χ1v) is 6.00. The number of Topliss-reactive ketones (excluding diaryl/α,β-unsaturated/α-hetero) is 1. The van der Waals surface area contributed by atoms with Crippen LogP contribution in [-0.2, 0) is 12.1 Å². The molecule has 0 aromatic heterocycles. The van der Waals surface area contributed by atoms with Crippen LogP contribution in [0.3, 0.4) is 0 Å². The van der Waals surface area contributed by atoms with Crippen molar-refractivity contribution in [1.82, 2.24) is 0 Å². The SMILES string of the molecule is Cc1ccc([C@]2(F)Cc3ccccc3C2=O)cc1. The molecule has 3 rings (SSSR count). The Morgan fingerprint density at radius 2 is 1.72 bits per heavy atom. The molecule has 0 N–H and O–H groups in total. The third-order valence-electron chi connectivity index (χ3n) is 3.57. The van der Waals surface area contributed by atoms with Crippen LogP contribution in [-0.4, -0.2) is 5.78 Å². The Hall–Kier alpha value is -1.96.